The zero-order chi connectivity index (χ0) is 76.0. The van der Waals surface area contributed by atoms with Crippen LogP contribution in [0.25, 0.3) is 0 Å². The molecule has 600 valence electrons. The van der Waals surface area contributed by atoms with Crippen LogP contribution in [0.4, 0.5) is 0 Å². The number of rotatable bonds is 77. The number of hydrogen-bond acceptors (Lipinski definition) is 15. The van der Waals surface area contributed by atoms with Crippen LogP contribution in [0.5, 0.6) is 0 Å². The van der Waals surface area contributed by atoms with Crippen molar-refractivity contribution in [3.63, 3.8) is 0 Å². The average molecular weight is 1500 g/mol. The van der Waals surface area contributed by atoms with E-state index >= 15 is 0 Å². The fraction of sp³-hybridized carbons (Fsp3) is 0.741. The van der Waals surface area contributed by atoms with Crippen molar-refractivity contribution in [2.75, 3.05) is 39.6 Å². The van der Waals surface area contributed by atoms with Gasteiger partial charge in [0.2, 0.25) is 0 Å². The number of hydrogen-bond donors (Lipinski definition) is 3. The van der Waals surface area contributed by atoms with E-state index in [1.165, 1.54) is 70.6 Å². The molecule has 0 heterocycles. The van der Waals surface area contributed by atoms with Crippen molar-refractivity contribution < 1.29 is 80.2 Å². The molecular formula is C85H148O17P2. The molecule has 5 unspecified atom stereocenters. The minimum Gasteiger partial charge on any atom is -0.462 e. The van der Waals surface area contributed by atoms with E-state index in [9.17, 15) is 43.2 Å². The van der Waals surface area contributed by atoms with Crippen LogP contribution >= 0.6 is 15.6 Å². The zero-order valence-electron chi connectivity index (χ0n) is 65.7. The predicted molar refractivity (Wildman–Crippen MR) is 427 cm³/mol. The summed E-state index contributed by atoms with van der Waals surface area (Å²) in [5.74, 6) is -2.20. The molecule has 5 atom stereocenters. The first-order valence-electron chi connectivity index (χ1n) is 41.1. The minimum absolute atomic E-state index is 0.0746. The quantitative estimate of drug-likeness (QED) is 0.0169. The Bertz CT molecular complexity index is 2390. The van der Waals surface area contributed by atoms with Crippen LogP contribution in [0.3, 0.4) is 0 Å². The van der Waals surface area contributed by atoms with E-state index in [1.54, 1.807) is 0 Å². The third kappa shape index (κ3) is 75.9. The maximum Gasteiger partial charge on any atom is 0.472 e. The smallest absolute Gasteiger partial charge is 0.462 e. The molecule has 0 spiro atoms. The van der Waals surface area contributed by atoms with Gasteiger partial charge in [0.25, 0.3) is 0 Å². The van der Waals surface area contributed by atoms with Crippen molar-refractivity contribution in [3.8, 4) is 0 Å². The van der Waals surface area contributed by atoms with Gasteiger partial charge in [-0.2, -0.15) is 0 Å². The van der Waals surface area contributed by atoms with Crippen molar-refractivity contribution in [2.45, 2.75) is 367 Å². The fourth-order valence-electron chi connectivity index (χ4n) is 11.0. The Kier molecular flexibility index (Phi) is 73.7. The van der Waals surface area contributed by atoms with Gasteiger partial charge < -0.3 is 33.8 Å². The van der Waals surface area contributed by atoms with Crippen LogP contribution in [0.2, 0.25) is 0 Å². The Morgan fingerprint density at radius 1 is 0.279 bits per heavy atom. The highest BCUT2D eigenvalue weighted by molar-refractivity contribution is 7.47. The molecule has 104 heavy (non-hydrogen) atoms. The third-order valence-corrected chi connectivity index (χ3v) is 19.1. The number of carbonyl (C=O) groups is 4. The molecular weight excluding hydrogens is 1350 g/mol. The lowest BCUT2D eigenvalue weighted by Gasteiger charge is -2.21. The second-order valence-electron chi connectivity index (χ2n) is 27.3. The molecule has 0 amide bonds. The van der Waals surface area contributed by atoms with Gasteiger partial charge in [0, 0.05) is 25.7 Å². The topological polar surface area (TPSA) is 237 Å². The molecule has 0 bridgehead atoms. The molecule has 17 nitrogen and oxygen atoms in total. The van der Waals surface area contributed by atoms with E-state index in [0.717, 1.165) is 199 Å². The van der Waals surface area contributed by atoms with Crippen molar-refractivity contribution in [2.24, 2.45) is 0 Å². The van der Waals surface area contributed by atoms with E-state index in [-0.39, 0.29) is 25.7 Å². The van der Waals surface area contributed by atoms with Gasteiger partial charge in [-0.25, -0.2) is 9.13 Å². The van der Waals surface area contributed by atoms with Crippen LogP contribution in [0.15, 0.2) is 109 Å². The molecule has 0 aromatic rings. The summed E-state index contributed by atoms with van der Waals surface area (Å²) >= 11 is 0. The number of unbranched alkanes of at least 4 members (excludes halogenated alkanes) is 33. The Balaban J connectivity index is 5.33. The minimum atomic E-state index is -4.98. The Morgan fingerprint density at radius 3 is 0.827 bits per heavy atom. The van der Waals surface area contributed by atoms with E-state index < -0.39 is 97.5 Å². The normalized spacial score (nSPS) is 14.4. The molecule has 19 heteroatoms. The largest absolute Gasteiger partial charge is 0.472 e. The van der Waals surface area contributed by atoms with Gasteiger partial charge in [-0.1, -0.05) is 304 Å². The highest BCUT2D eigenvalue weighted by Crippen LogP contribution is 2.45. The second-order valence-corrected chi connectivity index (χ2v) is 30.2. The molecule has 0 aromatic heterocycles. The van der Waals surface area contributed by atoms with Crippen molar-refractivity contribution in [3.05, 3.63) is 109 Å². The van der Waals surface area contributed by atoms with Crippen molar-refractivity contribution >= 4 is 39.5 Å². The number of carbonyl (C=O) groups excluding carboxylic acids is 4. The van der Waals surface area contributed by atoms with E-state index in [4.69, 9.17) is 37.0 Å². The number of ether oxygens (including phenoxy) is 4. The van der Waals surface area contributed by atoms with Crippen molar-refractivity contribution in [1.82, 2.24) is 0 Å². The summed E-state index contributed by atoms with van der Waals surface area (Å²) in [5, 5.41) is 10.6. The second kappa shape index (κ2) is 76.9. The van der Waals surface area contributed by atoms with Gasteiger partial charge in [-0.3, -0.25) is 37.3 Å². The number of aliphatic hydroxyl groups is 1. The number of allylic oxidation sites excluding steroid dienone is 18. The van der Waals surface area contributed by atoms with Gasteiger partial charge in [-0.15, -0.1) is 0 Å². The molecule has 0 radical (unpaired) electrons. The summed E-state index contributed by atoms with van der Waals surface area (Å²) in [6.45, 7) is 4.67. The molecule has 0 saturated heterocycles. The molecule has 0 aliphatic rings. The highest BCUT2D eigenvalue weighted by Gasteiger charge is 2.30. The summed E-state index contributed by atoms with van der Waals surface area (Å²) in [4.78, 5) is 73.1. The summed E-state index contributed by atoms with van der Waals surface area (Å²) < 4.78 is 68.7. The maximum atomic E-state index is 13.1. The summed E-state index contributed by atoms with van der Waals surface area (Å²) in [7, 11) is -9.96. The molecule has 0 fully saturated rings. The molecule has 0 aliphatic heterocycles. The Morgan fingerprint density at radius 2 is 0.519 bits per heavy atom. The standard InChI is InChI=1S/C85H148O17P2/c1-5-9-13-17-21-25-29-33-35-37-39-41-43-47-49-53-57-61-65-69-82(87)95-75-80(101-84(89)71-67-63-59-55-51-45-31-27-23-19-15-11-7-3)77-99-103(91,92)97-73-79(86)74-98-104(93,94)100-78-81(102-85(90)72-68-64-60-56-52-46-32-28-24-20-16-12-8-4)76-96-83(88)70-66-62-58-54-50-48-44-42-40-38-36-34-30-26-22-18-14-10-6-2/h9,13,15,19,21-22,25-27,31,33-36,39-42,79-81,86H,5-8,10-12,14,16-18,20,23-24,28-30,32,37-38,43-78H2,1-4H3,(H,91,92)(H,93,94)/b13-9-,19-15-,25-21-,26-22-,31-27-,35-33-,36-34-,41-39-,42-40-. The Labute approximate surface area is 632 Å². The lowest BCUT2D eigenvalue weighted by Crippen LogP contribution is -2.30. The van der Waals surface area contributed by atoms with E-state index in [1.807, 2.05) is 0 Å². The number of esters is 4. The zero-order valence-corrected chi connectivity index (χ0v) is 67.5. The number of aliphatic hydroxyl groups excluding tert-OH is 1. The first-order valence-corrected chi connectivity index (χ1v) is 44.1. The van der Waals surface area contributed by atoms with Crippen molar-refractivity contribution in [1.29, 1.82) is 0 Å². The molecule has 0 aliphatic carbocycles. The lowest BCUT2D eigenvalue weighted by atomic mass is 10.0. The predicted octanol–water partition coefficient (Wildman–Crippen LogP) is 24.1. The number of phosphoric ester groups is 2. The molecule has 0 aromatic carbocycles. The van der Waals surface area contributed by atoms with E-state index in [0.29, 0.717) is 25.7 Å². The molecule has 3 N–H and O–H groups in total. The van der Waals surface area contributed by atoms with Gasteiger partial charge in [0.05, 0.1) is 26.4 Å². The molecule has 0 saturated carbocycles. The third-order valence-electron chi connectivity index (χ3n) is 17.2. The van der Waals surface area contributed by atoms with Gasteiger partial charge in [-0.05, 0) is 128 Å². The summed E-state index contributed by atoms with van der Waals surface area (Å²) in [6, 6.07) is 0. The van der Waals surface area contributed by atoms with Crippen LogP contribution in [-0.4, -0.2) is 96.7 Å². The Hall–Kier alpha value is -4.28. The summed E-state index contributed by atoms with van der Waals surface area (Å²) in [5.41, 5.74) is 0. The van der Waals surface area contributed by atoms with Gasteiger partial charge in [0.15, 0.2) is 12.2 Å². The number of phosphoric acid groups is 2. The van der Waals surface area contributed by atoms with Crippen LogP contribution in [0.1, 0.15) is 349 Å². The van der Waals surface area contributed by atoms with Crippen LogP contribution in [-0.2, 0) is 65.4 Å². The fourth-order valence-corrected chi connectivity index (χ4v) is 12.5. The van der Waals surface area contributed by atoms with Crippen LogP contribution < -0.4 is 0 Å². The van der Waals surface area contributed by atoms with Gasteiger partial charge >= 0.3 is 39.5 Å². The van der Waals surface area contributed by atoms with E-state index in [2.05, 4.69) is 137 Å². The van der Waals surface area contributed by atoms with Gasteiger partial charge in [0.1, 0.15) is 19.3 Å². The molecule has 0 rings (SSSR count). The lowest BCUT2D eigenvalue weighted by molar-refractivity contribution is -0.161. The van der Waals surface area contributed by atoms with Crippen LogP contribution in [0, 0.1) is 0 Å². The maximum absolute atomic E-state index is 13.1. The first kappa shape index (κ1) is 99.7. The average Bonchev–Trinajstić information content (AvgIpc) is 0.913. The summed E-state index contributed by atoms with van der Waals surface area (Å²) in [6.07, 6.45) is 83.4. The monoisotopic (exact) mass is 1500 g/mol. The highest BCUT2D eigenvalue weighted by atomic mass is 31.2. The SMILES string of the molecule is CC/C=C\C/C=C\C/C=C\C/C=C\CCCCCCCCC(=O)OCC(COP(=O)(O)OCC(O)COP(=O)(O)OCC(COC(=O)CCCCCCCC/C=C\C/C=C\C/C=C\CCCCC)OC(=O)CCCCCCCCCCCCCCC)OC(=O)CCCCCCC/C=C\C/C=C\CCC. The first-order chi connectivity index (χ1) is 50.7.